The minimum atomic E-state index is -3.51. The van der Waals surface area contributed by atoms with Crippen molar-refractivity contribution in [3.63, 3.8) is 0 Å². The van der Waals surface area contributed by atoms with Gasteiger partial charge in [-0.1, -0.05) is 17.7 Å². The van der Waals surface area contributed by atoms with Crippen LogP contribution in [0.2, 0.25) is 5.02 Å². The van der Waals surface area contributed by atoms with Crippen molar-refractivity contribution in [2.75, 3.05) is 32.7 Å². The molecule has 0 saturated heterocycles. The molecule has 1 rings (SSSR count). The first-order valence-electron chi connectivity index (χ1n) is 5.34. The fourth-order valence-corrected chi connectivity index (χ4v) is 2.84. The number of sulfonamides is 1. The monoisotopic (exact) mass is 311 g/mol. The Morgan fingerprint density at radius 2 is 2.06 bits per heavy atom. The summed E-state index contributed by atoms with van der Waals surface area (Å²) in [6.07, 6.45) is 0. The molecule has 0 aliphatic rings. The Bertz CT molecular complexity index is 479. The van der Waals surface area contributed by atoms with Gasteiger partial charge in [-0.2, -0.15) is 4.31 Å². The number of nitrogens with zero attached hydrogens (tertiary/aromatic N) is 1. The van der Waals surface area contributed by atoms with Gasteiger partial charge in [-0.05, 0) is 18.2 Å². The molecule has 102 valence electrons. The maximum absolute atomic E-state index is 12.1. The first kappa shape index (κ1) is 15.7. The van der Waals surface area contributed by atoms with E-state index < -0.39 is 10.0 Å². The molecule has 0 bridgehead atoms. The number of benzene rings is 1. The summed E-state index contributed by atoms with van der Waals surface area (Å²) in [5, 5.41) is 0.392. The average molecular weight is 312 g/mol. The molecule has 0 aliphatic carbocycles. The van der Waals surface area contributed by atoms with E-state index >= 15 is 0 Å². The van der Waals surface area contributed by atoms with Crippen LogP contribution >= 0.6 is 23.2 Å². The fourth-order valence-electron chi connectivity index (χ4n) is 1.28. The van der Waals surface area contributed by atoms with E-state index in [4.69, 9.17) is 27.9 Å². The summed E-state index contributed by atoms with van der Waals surface area (Å²) in [5.41, 5.74) is 0. The van der Waals surface area contributed by atoms with Gasteiger partial charge >= 0.3 is 0 Å². The molecule has 4 nitrogen and oxygen atoms in total. The summed E-state index contributed by atoms with van der Waals surface area (Å²) in [6, 6.07) is 6.17. The molecule has 0 radical (unpaired) electrons. The molecule has 0 N–H and O–H groups in total. The second-order valence-corrected chi connectivity index (χ2v) is 6.44. The highest BCUT2D eigenvalue weighted by Crippen LogP contribution is 2.18. The molecule has 0 spiro atoms. The highest BCUT2D eigenvalue weighted by atomic mass is 35.5. The molecule has 0 saturated carbocycles. The lowest BCUT2D eigenvalue weighted by molar-refractivity contribution is 0.140. The normalized spacial score (nSPS) is 12.0. The van der Waals surface area contributed by atoms with Crippen molar-refractivity contribution in [3.8, 4) is 0 Å². The summed E-state index contributed by atoms with van der Waals surface area (Å²) in [6.45, 7) is 0.987. The third-order valence-electron chi connectivity index (χ3n) is 2.28. The predicted octanol–water partition coefficient (Wildman–Crippen LogP) is 2.22. The SMILES string of the molecule is CN(CCOCCCl)S(=O)(=O)c1cccc(Cl)c1. The van der Waals surface area contributed by atoms with E-state index in [0.29, 0.717) is 24.1 Å². The van der Waals surface area contributed by atoms with Gasteiger partial charge in [0, 0.05) is 24.5 Å². The molecule has 0 atom stereocenters. The minimum absolute atomic E-state index is 0.176. The molecule has 0 aromatic heterocycles. The highest BCUT2D eigenvalue weighted by molar-refractivity contribution is 7.89. The maximum atomic E-state index is 12.1. The number of alkyl halides is 1. The quantitative estimate of drug-likeness (QED) is 0.573. The van der Waals surface area contributed by atoms with Crippen molar-refractivity contribution < 1.29 is 13.2 Å². The third kappa shape index (κ3) is 4.40. The first-order chi connectivity index (χ1) is 8.48. The minimum Gasteiger partial charge on any atom is -0.379 e. The van der Waals surface area contributed by atoms with Crippen LogP contribution in [0.5, 0.6) is 0 Å². The van der Waals surface area contributed by atoms with Gasteiger partial charge in [0.25, 0.3) is 0 Å². The second-order valence-electron chi connectivity index (χ2n) is 3.59. The van der Waals surface area contributed by atoms with Crippen molar-refractivity contribution in [1.82, 2.24) is 4.31 Å². The van der Waals surface area contributed by atoms with Crippen LogP contribution in [0.25, 0.3) is 0 Å². The van der Waals surface area contributed by atoms with Crippen LogP contribution in [0.4, 0.5) is 0 Å². The number of halogens is 2. The predicted molar refractivity (Wildman–Crippen MR) is 72.8 cm³/mol. The van der Waals surface area contributed by atoms with Gasteiger partial charge in [0.15, 0.2) is 0 Å². The van der Waals surface area contributed by atoms with Crippen LogP contribution in [0.15, 0.2) is 29.2 Å². The topological polar surface area (TPSA) is 46.6 Å². The zero-order chi connectivity index (χ0) is 13.6. The van der Waals surface area contributed by atoms with Gasteiger partial charge < -0.3 is 4.74 Å². The van der Waals surface area contributed by atoms with E-state index in [9.17, 15) is 8.42 Å². The van der Waals surface area contributed by atoms with Crippen molar-refractivity contribution in [2.24, 2.45) is 0 Å². The molecule has 18 heavy (non-hydrogen) atoms. The summed E-state index contributed by atoms with van der Waals surface area (Å²) in [7, 11) is -2.01. The van der Waals surface area contributed by atoms with Gasteiger partial charge in [0.05, 0.1) is 18.1 Å². The highest BCUT2D eigenvalue weighted by Gasteiger charge is 2.20. The van der Waals surface area contributed by atoms with Gasteiger partial charge in [-0.3, -0.25) is 0 Å². The van der Waals surface area contributed by atoms with Crippen molar-refractivity contribution in [3.05, 3.63) is 29.3 Å². The summed E-state index contributed by atoms with van der Waals surface area (Å²) in [4.78, 5) is 0.176. The maximum Gasteiger partial charge on any atom is 0.242 e. The summed E-state index contributed by atoms with van der Waals surface area (Å²) in [5.74, 6) is 0.394. The molecule has 1 aromatic rings. The van der Waals surface area contributed by atoms with Crippen LogP contribution in [0.1, 0.15) is 0 Å². The Morgan fingerprint density at radius 3 is 2.67 bits per heavy atom. The lowest BCUT2D eigenvalue weighted by Crippen LogP contribution is -2.30. The van der Waals surface area contributed by atoms with Crippen molar-refractivity contribution in [1.29, 1.82) is 0 Å². The van der Waals surface area contributed by atoms with E-state index in [1.165, 1.54) is 23.5 Å². The van der Waals surface area contributed by atoms with Crippen LogP contribution in [-0.4, -0.2) is 45.4 Å². The van der Waals surface area contributed by atoms with Crippen molar-refractivity contribution in [2.45, 2.75) is 4.90 Å². The molecule has 0 aliphatic heterocycles. The second kappa shape index (κ2) is 7.31. The smallest absolute Gasteiger partial charge is 0.242 e. The Hall–Kier alpha value is -0.330. The molecule has 1 aromatic carbocycles. The average Bonchev–Trinajstić information content (AvgIpc) is 2.34. The van der Waals surface area contributed by atoms with E-state index in [0.717, 1.165) is 0 Å². The van der Waals surface area contributed by atoms with E-state index in [2.05, 4.69) is 0 Å². The van der Waals surface area contributed by atoms with Crippen LogP contribution < -0.4 is 0 Å². The van der Waals surface area contributed by atoms with Gasteiger partial charge in [0.2, 0.25) is 10.0 Å². The largest absolute Gasteiger partial charge is 0.379 e. The molecule has 0 amide bonds. The van der Waals surface area contributed by atoms with Gasteiger partial charge in [-0.15, -0.1) is 11.6 Å². The molecular formula is C11H15Cl2NO3S. The summed E-state index contributed by atoms with van der Waals surface area (Å²) < 4.78 is 30.6. The number of hydrogen-bond donors (Lipinski definition) is 0. The molecule has 0 unspecified atom stereocenters. The van der Waals surface area contributed by atoms with Gasteiger partial charge in [0.1, 0.15) is 0 Å². The number of likely N-dealkylation sites (N-methyl/N-ethyl adjacent to an activating group) is 1. The summed E-state index contributed by atoms with van der Waals surface area (Å²) >= 11 is 11.2. The van der Waals surface area contributed by atoms with Crippen LogP contribution in [-0.2, 0) is 14.8 Å². The molecular weight excluding hydrogens is 297 g/mol. The first-order valence-corrected chi connectivity index (χ1v) is 7.69. The van der Waals surface area contributed by atoms with Crippen molar-refractivity contribution >= 4 is 33.2 Å². The standard InChI is InChI=1S/C11H15Cl2NO3S/c1-14(6-8-17-7-5-12)18(15,16)11-4-2-3-10(13)9-11/h2-4,9H,5-8H2,1H3. The third-order valence-corrected chi connectivity index (χ3v) is 4.52. The lowest BCUT2D eigenvalue weighted by atomic mass is 10.4. The fraction of sp³-hybridized carbons (Fsp3) is 0.455. The number of ether oxygens (including phenoxy) is 1. The Morgan fingerprint density at radius 1 is 1.33 bits per heavy atom. The number of rotatable bonds is 7. The Labute approximate surface area is 117 Å². The number of hydrogen-bond acceptors (Lipinski definition) is 3. The zero-order valence-corrected chi connectivity index (χ0v) is 12.3. The Kier molecular flexibility index (Phi) is 6.38. The molecule has 7 heteroatoms. The van der Waals surface area contributed by atoms with Crippen LogP contribution in [0.3, 0.4) is 0 Å². The van der Waals surface area contributed by atoms with E-state index in [1.807, 2.05) is 0 Å². The van der Waals surface area contributed by atoms with E-state index in [-0.39, 0.29) is 11.4 Å². The Balaban J connectivity index is 2.68. The van der Waals surface area contributed by atoms with Crippen LogP contribution in [0, 0.1) is 0 Å². The lowest BCUT2D eigenvalue weighted by Gasteiger charge is -2.17. The van der Waals surface area contributed by atoms with Gasteiger partial charge in [-0.25, -0.2) is 8.42 Å². The van der Waals surface area contributed by atoms with E-state index in [1.54, 1.807) is 12.1 Å². The molecule has 0 fully saturated rings. The zero-order valence-electron chi connectivity index (χ0n) is 9.97. The molecule has 0 heterocycles.